The Kier molecular flexibility index (Phi) is 3.84. The highest BCUT2D eigenvalue weighted by molar-refractivity contribution is 8.83. The number of thioether (sulfide) groups is 1. The molecule has 1 nitrogen and oxygen atoms in total. The number of hydrogen-bond donors (Lipinski definition) is 1. The molecule has 1 aromatic heterocycles. The highest BCUT2D eigenvalue weighted by atomic mass is 33.1. The minimum atomic E-state index is 0.170. The van der Waals surface area contributed by atoms with Crippen LogP contribution in [0.25, 0.3) is 10.9 Å². The maximum Gasteiger partial charge on any atom is 0.0967 e. The third-order valence-electron chi connectivity index (χ3n) is 3.41. The van der Waals surface area contributed by atoms with Gasteiger partial charge in [-0.1, -0.05) is 53.6 Å². The lowest BCUT2D eigenvalue weighted by molar-refractivity contribution is 0.620. The zero-order chi connectivity index (χ0) is 13.5. The lowest BCUT2D eigenvalue weighted by Crippen LogP contribution is -2.09. The van der Waals surface area contributed by atoms with E-state index in [2.05, 4.69) is 78.8 Å². The molecule has 1 fully saturated rings. The second-order valence-corrected chi connectivity index (χ2v) is 10.6. The van der Waals surface area contributed by atoms with Crippen LogP contribution in [0.3, 0.4) is 0 Å². The molecule has 3 rings (SSSR count). The van der Waals surface area contributed by atoms with Crippen LogP contribution in [0.2, 0.25) is 0 Å². The second-order valence-electron chi connectivity index (χ2n) is 5.55. The number of rotatable bonds is 3. The minimum absolute atomic E-state index is 0.170. The first-order valence-electron chi connectivity index (χ1n) is 6.67. The van der Waals surface area contributed by atoms with E-state index in [1.54, 1.807) is 0 Å². The molecule has 0 saturated carbocycles. The van der Waals surface area contributed by atoms with Crippen molar-refractivity contribution in [1.29, 1.82) is 0 Å². The van der Waals surface area contributed by atoms with Crippen LogP contribution in [0.1, 0.15) is 32.8 Å². The van der Waals surface area contributed by atoms with Gasteiger partial charge in [-0.3, -0.25) is 0 Å². The van der Waals surface area contributed by atoms with Crippen LogP contribution in [0, 0.1) is 5.92 Å². The zero-order valence-corrected chi connectivity index (χ0v) is 13.9. The molecule has 2 aromatic rings. The number of nitrogens with one attached hydrogen (secondary N) is 1. The molecule has 1 aliphatic heterocycles. The van der Waals surface area contributed by atoms with Crippen molar-refractivity contribution in [3.8, 4) is 0 Å². The predicted octanol–water partition coefficient (Wildman–Crippen LogP) is 5.84. The summed E-state index contributed by atoms with van der Waals surface area (Å²) in [4.78, 5) is 3.41. The quantitative estimate of drug-likeness (QED) is 0.717. The summed E-state index contributed by atoms with van der Waals surface area (Å²) < 4.78 is 0.882. The Morgan fingerprint density at radius 2 is 2.11 bits per heavy atom. The van der Waals surface area contributed by atoms with Gasteiger partial charge in [-0.05, 0) is 25.3 Å². The number of aromatic amines is 1. The Labute approximate surface area is 127 Å². The lowest BCUT2D eigenvalue weighted by atomic mass is 10.1. The molecule has 1 N–H and O–H groups in total. The molecule has 2 atom stereocenters. The molecule has 2 heterocycles. The number of para-hydroxylation sites is 1. The fraction of sp³-hybridized carbons (Fsp3) is 0.467. The highest BCUT2D eigenvalue weighted by Gasteiger charge is 2.40. The van der Waals surface area contributed by atoms with E-state index in [9.17, 15) is 0 Å². The van der Waals surface area contributed by atoms with Gasteiger partial charge in [-0.2, -0.15) is 0 Å². The number of H-pyrrole nitrogens is 1. The Balaban J connectivity index is 1.89. The predicted molar refractivity (Wildman–Crippen MR) is 91.7 cm³/mol. The summed E-state index contributed by atoms with van der Waals surface area (Å²) in [5, 5.41) is 1.37. The Bertz CT molecular complexity index is 578. The summed E-state index contributed by atoms with van der Waals surface area (Å²) in [5.74, 6) is 0.774. The number of fused-ring (bicyclic) bond motifs is 1. The van der Waals surface area contributed by atoms with Crippen molar-refractivity contribution in [3.63, 3.8) is 0 Å². The van der Waals surface area contributed by atoms with Gasteiger partial charge in [0.2, 0.25) is 0 Å². The Morgan fingerprint density at radius 1 is 1.32 bits per heavy atom. The van der Waals surface area contributed by atoms with Gasteiger partial charge < -0.3 is 4.98 Å². The third-order valence-corrected chi connectivity index (χ3v) is 9.36. The van der Waals surface area contributed by atoms with Crippen molar-refractivity contribution in [2.24, 2.45) is 5.92 Å². The molecule has 1 saturated heterocycles. The van der Waals surface area contributed by atoms with Crippen LogP contribution < -0.4 is 0 Å². The number of aromatic nitrogens is 1. The summed E-state index contributed by atoms with van der Waals surface area (Å²) in [7, 11) is 4.08. The molecule has 4 heteroatoms. The molecule has 0 bridgehead atoms. The van der Waals surface area contributed by atoms with Crippen molar-refractivity contribution < 1.29 is 0 Å². The first-order valence-corrected chi connectivity index (χ1v) is 9.76. The fourth-order valence-corrected chi connectivity index (χ4v) is 8.97. The van der Waals surface area contributed by atoms with E-state index in [1.165, 1.54) is 22.9 Å². The van der Waals surface area contributed by atoms with E-state index >= 15 is 0 Å². The Morgan fingerprint density at radius 3 is 2.89 bits per heavy atom. The van der Waals surface area contributed by atoms with Gasteiger partial charge >= 0.3 is 0 Å². The summed E-state index contributed by atoms with van der Waals surface area (Å²) in [6.07, 6.45) is 3.49. The molecular weight excluding hydrogens is 290 g/mol. The van der Waals surface area contributed by atoms with E-state index in [0.29, 0.717) is 4.58 Å². The number of benzene rings is 1. The highest BCUT2D eigenvalue weighted by Crippen LogP contribution is 2.65. The van der Waals surface area contributed by atoms with Gasteiger partial charge in [0.25, 0.3) is 0 Å². The topological polar surface area (TPSA) is 15.8 Å². The second kappa shape index (κ2) is 5.30. The van der Waals surface area contributed by atoms with Crippen LogP contribution >= 0.6 is 33.3 Å². The van der Waals surface area contributed by atoms with Crippen molar-refractivity contribution in [2.45, 2.75) is 35.9 Å². The summed E-state index contributed by atoms with van der Waals surface area (Å²) in [6.45, 7) is 6.99. The first kappa shape index (κ1) is 13.8. The van der Waals surface area contributed by atoms with E-state index in [4.69, 9.17) is 0 Å². The fourth-order valence-electron chi connectivity index (χ4n) is 2.46. The molecule has 1 aliphatic rings. The lowest BCUT2D eigenvalue weighted by Gasteiger charge is -2.21. The molecule has 0 aliphatic carbocycles. The average Bonchev–Trinajstić information content (AvgIpc) is 2.93. The molecule has 19 heavy (non-hydrogen) atoms. The Hall–Kier alpha value is -0.190. The van der Waals surface area contributed by atoms with Crippen molar-refractivity contribution in [1.82, 2.24) is 4.98 Å². The normalized spacial score (nSPS) is 27.5. The maximum atomic E-state index is 3.41. The van der Waals surface area contributed by atoms with Crippen molar-refractivity contribution in [2.75, 3.05) is 0 Å². The van der Waals surface area contributed by atoms with Crippen LogP contribution in [0.15, 0.2) is 30.5 Å². The van der Waals surface area contributed by atoms with Crippen molar-refractivity contribution in [3.05, 3.63) is 36.0 Å². The van der Waals surface area contributed by atoms with Gasteiger partial charge in [-0.25, -0.2) is 0 Å². The monoisotopic (exact) mass is 309 g/mol. The third kappa shape index (κ3) is 2.67. The van der Waals surface area contributed by atoms with Gasteiger partial charge in [0.05, 0.1) is 8.66 Å². The largest absolute Gasteiger partial charge is 0.361 e. The molecule has 0 radical (unpaired) electrons. The first-order chi connectivity index (χ1) is 9.08. The summed E-state index contributed by atoms with van der Waals surface area (Å²) >= 11 is 2.12. The molecular formula is C15H19NS3. The minimum Gasteiger partial charge on any atom is -0.361 e. The van der Waals surface area contributed by atoms with E-state index in [1.807, 2.05) is 10.8 Å². The van der Waals surface area contributed by atoms with Crippen molar-refractivity contribution >= 4 is 44.3 Å². The maximum absolute atomic E-state index is 3.41. The molecule has 102 valence electrons. The average molecular weight is 310 g/mol. The van der Waals surface area contributed by atoms with E-state index in [0.717, 1.165) is 5.92 Å². The van der Waals surface area contributed by atoms with Gasteiger partial charge in [0.1, 0.15) is 0 Å². The smallest absolute Gasteiger partial charge is 0.0967 e. The number of hydrogen-bond acceptors (Lipinski definition) is 3. The zero-order valence-electron chi connectivity index (χ0n) is 11.5. The molecule has 2 unspecified atom stereocenters. The summed E-state index contributed by atoms with van der Waals surface area (Å²) in [5.41, 5.74) is 2.69. The standard InChI is InChI=1S/C15H19NS3/c1-10(2)8-14-17-15(3,19-18-14)12-9-16-13-7-5-4-6-11(12)13/h4-7,9-10,14,16H,8H2,1-3H3. The van der Waals surface area contributed by atoms with Gasteiger partial charge in [0.15, 0.2) is 0 Å². The molecule has 1 aromatic carbocycles. The SMILES string of the molecule is CC(C)CC1SSC(C)(c2c[nH]c3ccccc23)S1. The van der Waals surface area contributed by atoms with Crippen LogP contribution in [-0.4, -0.2) is 9.57 Å². The van der Waals surface area contributed by atoms with Gasteiger partial charge in [0, 0.05) is 22.7 Å². The van der Waals surface area contributed by atoms with Crippen LogP contribution in [0.5, 0.6) is 0 Å². The van der Waals surface area contributed by atoms with Crippen LogP contribution in [0.4, 0.5) is 0 Å². The summed E-state index contributed by atoms with van der Waals surface area (Å²) in [6, 6.07) is 8.61. The molecule has 0 spiro atoms. The van der Waals surface area contributed by atoms with Gasteiger partial charge in [-0.15, -0.1) is 11.8 Å². The van der Waals surface area contributed by atoms with E-state index in [-0.39, 0.29) is 4.08 Å². The van der Waals surface area contributed by atoms with Crippen LogP contribution in [-0.2, 0) is 4.08 Å². The molecule has 0 amide bonds. The van der Waals surface area contributed by atoms with E-state index < -0.39 is 0 Å².